The fourth-order valence-corrected chi connectivity index (χ4v) is 1.32. The van der Waals surface area contributed by atoms with Gasteiger partial charge in [-0.25, -0.2) is 0 Å². The van der Waals surface area contributed by atoms with Gasteiger partial charge in [-0.3, -0.25) is 4.79 Å². The van der Waals surface area contributed by atoms with Crippen LogP contribution >= 0.6 is 0 Å². The van der Waals surface area contributed by atoms with Crippen molar-refractivity contribution in [3.63, 3.8) is 0 Å². The molecule has 0 aliphatic rings. The Hall–Kier alpha value is -1.08. The van der Waals surface area contributed by atoms with E-state index < -0.39 is 5.41 Å². The molecule has 0 bridgehead atoms. The molecule has 0 aliphatic heterocycles. The van der Waals surface area contributed by atoms with E-state index in [1.807, 2.05) is 6.07 Å². The first-order valence-corrected chi connectivity index (χ1v) is 5.89. The summed E-state index contributed by atoms with van der Waals surface area (Å²) in [5, 5.41) is 11.6. The van der Waals surface area contributed by atoms with E-state index in [1.165, 1.54) is 0 Å². The van der Waals surface area contributed by atoms with Gasteiger partial charge >= 0.3 is 0 Å². The van der Waals surface area contributed by atoms with Crippen molar-refractivity contribution in [3.8, 4) is 6.07 Å². The lowest BCUT2D eigenvalue weighted by molar-refractivity contribution is -0.126. The third-order valence-corrected chi connectivity index (χ3v) is 2.68. The number of nitrogens with zero attached hydrogens (tertiary/aromatic N) is 2. The van der Waals surface area contributed by atoms with Gasteiger partial charge in [0.15, 0.2) is 0 Å². The molecule has 0 aromatic carbocycles. The SMILES string of the molecule is CCN(CC)CCCNC(=O)C(C)(C)C#N. The summed E-state index contributed by atoms with van der Waals surface area (Å²) in [4.78, 5) is 13.8. The maximum atomic E-state index is 11.5. The third-order valence-electron chi connectivity index (χ3n) is 2.68. The summed E-state index contributed by atoms with van der Waals surface area (Å²) in [5.74, 6) is -0.186. The summed E-state index contributed by atoms with van der Waals surface area (Å²) in [6, 6.07) is 1.99. The topological polar surface area (TPSA) is 56.1 Å². The maximum Gasteiger partial charge on any atom is 0.239 e. The van der Waals surface area contributed by atoms with Crippen LogP contribution in [0.25, 0.3) is 0 Å². The maximum absolute atomic E-state index is 11.5. The molecule has 92 valence electrons. The zero-order valence-corrected chi connectivity index (χ0v) is 10.8. The number of hydrogen-bond acceptors (Lipinski definition) is 3. The van der Waals surface area contributed by atoms with Crippen molar-refractivity contribution in [1.29, 1.82) is 5.26 Å². The Labute approximate surface area is 98.6 Å². The largest absolute Gasteiger partial charge is 0.355 e. The minimum atomic E-state index is -0.921. The molecular weight excluding hydrogens is 202 g/mol. The predicted octanol–water partition coefficient (Wildman–Crippen LogP) is 1.38. The average Bonchev–Trinajstić information content (AvgIpc) is 2.29. The average molecular weight is 225 g/mol. The van der Waals surface area contributed by atoms with Crippen LogP contribution < -0.4 is 5.32 Å². The van der Waals surface area contributed by atoms with E-state index in [0.29, 0.717) is 6.54 Å². The van der Waals surface area contributed by atoms with Gasteiger partial charge in [0.1, 0.15) is 5.41 Å². The molecule has 0 aliphatic carbocycles. The molecule has 0 unspecified atom stereocenters. The summed E-state index contributed by atoms with van der Waals surface area (Å²) in [7, 11) is 0. The van der Waals surface area contributed by atoms with Crippen LogP contribution in [0.15, 0.2) is 0 Å². The molecule has 0 fully saturated rings. The van der Waals surface area contributed by atoms with E-state index in [4.69, 9.17) is 5.26 Å². The quantitative estimate of drug-likeness (QED) is 0.666. The van der Waals surface area contributed by atoms with Crippen LogP contribution in [0.4, 0.5) is 0 Å². The second-order valence-corrected chi connectivity index (χ2v) is 4.37. The molecule has 0 aromatic rings. The van der Waals surface area contributed by atoms with Crippen molar-refractivity contribution in [2.75, 3.05) is 26.2 Å². The van der Waals surface area contributed by atoms with Gasteiger partial charge in [0.25, 0.3) is 0 Å². The van der Waals surface area contributed by atoms with Crippen LogP contribution in [-0.2, 0) is 4.79 Å². The van der Waals surface area contributed by atoms with Gasteiger partial charge in [0.05, 0.1) is 6.07 Å². The number of carbonyl (C=O) groups is 1. The standard InChI is InChI=1S/C12H23N3O/c1-5-15(6-2)9-7-8-14-11(16)12(3,4)10-13/h5-9H2,1-4H3,(H,14,16). The molecular formula is C12H23N3O. The Morgan fingerprint density at radius 2 is 1.94 bits per heavy atom. The smallest absolute Gasteiger partial charge is 0.239 e. The highest BCUT2D eigenvalue weighted by Crippen LogP contribution is 2.12. The summed E-state index contributed by atoms with van der Waals surface area (Å²) in [6.07, 6.45) is 0.926. The summed E-state index contributed by atoms with van der Waals surface area (Å²) >= 11 is 0. The zero-order valence-electron chi connectivity index (χ0n) is 10.8. The molecule has 0 aromatic heterocycles. The first kappa shape index (κ1) is 14.9. The highest BCUT2D eigenvalue weighted by molar-refractivity contribution is 5.84. The van der Waals surface area contributed by atoms with Crippen molar-refractivity contribution < 1.29 is 4.79 Å². The van der Waals surface area contributed by atoms with Gasteiger partial charge in [-0.2, -0.15) is 5.26 Å². The molecule has 1 N–H and O–H groups in total. The number of hydrogen-bond donors (Lipinski definition) is 1. The van der Waals surface area contributed by atoms with E-state index >= 15 is 0 Å². The van der Waals surface area contributed by atoms with Crippen molar-refractivity contribution in [3.05, 3.63) is 0 Å². The second-order valence-electron chi connectivity index (χ2n) is 4.37. The second kappa shape index (κ2) is 7.24. The molecule has 4 heteroatoms. The van der Waals surface area contributed by atoms with E-state index in [9.17, 15) is 4.79 Å². The number of nitriles is 1. The number of nitrogens with one attached hydrogen (secondary N) is 1. The Morgan fingerprint density at radius 1 is 1.38 bits per heavy atom. The van der Waals surface area contributed by atoms with Crippen LogP contribution in [0, 0.1) is 16.7 Å². The Kier molecular flexibility index (Phi) is 6.75. The monoisotopic (exact) mass is 225 g/mol. The summed E-state index contributed by atoms with van der Waals surface area (Å²) < 4.78 is 0. The minimum absolute atomic E-state index is 0.186. The molecule has 1 amide bonds. The molecule has 16 heavy (non-hydrogen) atoms. The number of rotatable bonds is 7. The van der Waals surface area contributed by atoms with E-state index in [0.717, 1.165) is 26.1 Å². The molecule has 0 radical (unpaired) electrons. The van der Waals surface area contributed by atoms with Crippen molar-refractivity contribution in [2.24, 2.45) is 5.41 Å². The van der Waals surface area contributed by atoms with Gasteiger partial charge in [-0.05, 0) is 39.9 Å². The molecule has 0 saturated carbocycles. The van der Waals surface area contributed by atoms with Crippen molar-refractivity contribution in [2.45, 2.75) is 34.1 Å². The first-order chi connectivity index (χ1) is 7.47. The first-order valence-electron chi connectivity index (χ1n) is 5.89. The van der Waals surface area contributed by atoms with Gasteiger partial charge in [-0.1, -0.05) is 13.8 Å². The van der Waals surface area contributed by atoms with Crippen LogP contribution in [0.5, 0.6) is 0 Å². The molecule has 0 atom stereocenters. The van der Waals surface area contributed by atoms with Crippen molar-refractivity contribution in [1.82, 2.24) is 10.2 Å². The lowest BCUT2D eigenvalue weighted by atomic mass is 9.95. The van der Waals surface area contributed by atoms with Crippen LogP contribution in [0.2, 0.25) is 0 Å². The Balaban J connectivity index is 3.76. The van der Waals surface area contributed by atoms with Gasteiger partial charge in [-0.15, -0.1) is 0 Å². The lowest BCUT2D eigenvalue weighted by Gasteiger charge is -2.19. The highest BCUT2D eigenvalue weighted by Gasteiger charge is 2.26. The summed E-state index contributed by atoms with van der Waals surface area (Å²) in [6.45, 7) is 11.2. The van der Waals surface area contributed by atoms with E-state index in [2.05, 4.69) is 24.1 Å². The fraction of sp³-hybridized carbons (Fsp3) is 0.833. The molecule has 4 nitrogen and oxygen atoms in total. The van der Waals surface area contributed by atoms with Crippen LogP contribution in [0.3, 0.4) is 0 Å². The third kappa shape index (κ3) is 5.13. The van der Waals surface area contributed by atoms with Crippen molar-refractivity contribution >= 4 is 5.91 Å². The molecule has 0 heterocycles. The van der Waals surface area contributed by atoms with Gasteiger partial charge in [0.2, 0.25) is 5.91 Å². The minimum Gasteiger partial charge on any atom is -0.355 e. The fourth-order valence-electron chi connectivity index (χ4n) is 1.32. The van der Waals surface area contributed by atoms with Gasteiger partial charge < -0.3 is 10.2 Å². The van der Waals surface area contributed by atoms with Crippen LogP contribution in [0.1, 0.15) is 34.1 Å². The number of carbonyl (C=O) groups excluding carboxylic acids is 1. The lowest BCUT2D eigenvalue weighted by Crippen LogP contribution is -2.37. The highest BCUT2D eigenvalue weighted by atomic mass is 16.2. The normalized spacial score (nSPS) is 11.2. The molecule has 0 spiro atoms. The van der Waals surface area contributed by atoms with E-state index in [-0.39, 0.29) is 5.91 Å². The molecule has 0 rings (SSSR count). The number of amides is 1. The Bertz CT molecular complexity index is 251. The predicted molar refractivity (Wildman–Crippen MR) is 64.8 cm³/mol. The summed E-state index contributed by atoms with van der Waals surface area (Å²) in [5.41, 5.74) is -0.921. The molecule has 0 saturated heterocycles. The van der Waals surface area contributed by atoms with E-state index in [1.54, 1.807) is 13.8 Å². The zero-order chi connectivity index (χ0) is 12.6. The van der Waals surface area contributed by atoms with Crippen LogP contribution in [-0.4, -0.2) is 37.0 Å². The Morgan fingerprint density at radius 3 is 2.38 bits per heavy atom. The van der Waals surface area contributed by atoms with Gasteiger partial charge in [0, 0.05) is 6.54 Å².